The second kappa shape index (κ2) is 6.12. The molecule has 0 saturated carbocycles. The maximum Gasteiger partial charge on any atom is 0.0505 e. The first-order valence-corrected chi connectivity index (χ1v) is 7.60. The van der Waals surface area contributed by atoms with E-state index in [1.54, 1.807) is 0 Å². The smallest absolute Gasteiger partial charge is 0.0505 e. The van der Waals surface area contributed by atoms with E-state index in [4.69, 9.17) is 0 Å². The topological polar surface area (TPSA) is 3.24 Å². The van der Waals surface area contributed by atoms with Crippen LogP contribution in [0.1, 0.15) is 45.2 Å². The van der Waals surface area contributed by atoms with Crippen LogP contribution in [0.4, 0.5) is 0 Å². The quantitative estimate of drug-likeness (QED) is 0.792. The minimum absolute atomic E-state index is 0.336. The first-order valence-electron chi connectivity index (χ1n) is 7.08. The number of hydrogen-bond donors (Lipinski definition) is 1. The van der Waals surface area contributed by atoms with Crippen molar-refractivity contribution in [3.63, 3.8) is 0 Å². The molecule has 100 valence electrons. The van der Waals surface area contributed by atoms with Gasteiger partial charge in [0.2, 0.25) is 0 Å². The Morgan fingerprint density at radius 3 is 2.39 bits per heavy atom. The number of hydrogen-bond acceptors (Lipinski definition) is 2. The second-order valence-corrected chi connectivity index (χ2v) is 6.57. The van der Waals surface area contributed by atoms with E-state index in [0.717, 1.165) is 11.8 Å². The van der Waals surface area contributed by atoms with Crippen LogP contribution >= 0.6 is 12.6 Å². The Balaban J connectivity index is 2.20. The van der Waals surface area contributed by atoms with E-state index in [1.165, 1.54) is 24.9 Å². The number of benzene rings is 1. The molecule has 1 aliphatic heterocycles. The normalized spacial score (nSPS) is 27.4. The summed E-state index contributed by atoms with van der Waals surface area (Å²) in [6, 6.07) is 11.5. The monoisotopic (exact) mass is 263 g/mol. The zero-order valence-corrected chi connectivity index (χ0v) is 12.6. The maximum absolute atomic E-state index is 4.66. The van der Waals surface area contributed by atoms with Gasteiger partial charge in [-0.05, 0) is 37.2 Å². The highest BCUT2D eigenvalue weighted by Crippen LogP contribution is 2.38. The third-order valence-electron chi connectivity index (χ3n) is 4.29. The Labute approximate surface area is 117 Å². The van der Waals surface area contributed by atoms with Crippen molar-refractivity contribution in [3.05, 3.63) is 35.9 Å². The van der Waals surface area contributed by atoms with Crippen LogP contribution in [-0.4, -0.2) is 16.8 Å². The van der Waals surface area contributed by atoms with Gasteiger partial charge in [0.15, 0.2) is 0 Å². The van der Waals surface area contributed by atoms with Crippen LogP contribution in [-0.2, 0) is 0 Å². The van der Waals surface area contributed by atoms with E-state index in [9.17, 15) is 0 Å². The molecule has 1 saturated heterocycles. The molecule has 2 rings (SSSR count). The average molecular weight is 263 g/mol. The van der Waals surface area contributed by atoms with E-state index in [1.807, 2.05) is 0 Å². The first kappa shape index (κ1) is 14.0. The molecule has 0 aliphatic carbocycles. The lowest BCUT2D eigenvalue weighted by Crippen LogP contribution is -2.41. The largest absolute Gasteiger partial charge is 0.285 e. The molecule has 0 spiro atoms. The number of thiol groups is 1. The average Bonchev–Trinajstić information content (AvgIpc) is 2.39. The van der Waals surface area contributed by atoms with Crippen LogP contribution in [0.3, 0.4) is 0 Å². The lowest BCUT2D eigenvalue weighted by molar-refractivity contribution is 0.0882. The Hall–Kier alpha value is -0.470. The van der Waals surface area contributed by atoms with Crippen molar-refractivity contribution in [2.75, 3.05) is 6.54 Å². The molecule has 1 aromatic carbocycles. The Morgan fingerprint density at radius 1 is 1.17 bits per heavy atom. The fourth-order valence-corrected chi connectivity index (χ4v) is 3.34. The van der Waals surface area contributed by atoms with Gasteiger partial charge in [0, 0.05) is 12.6 Å². The van der Waals surface area contributed by atoms with E-state index in [2.05, 4.69) is 68.6 Å². The van der Waals surface area contributed by atoms with Gasteiger partial charge in [-0.1, -0.05) is 44.2 Å². The summed E-state index contributed by atoms with van der Waals surface area (Å²) in [5, 5.41) is 0.336. The van der Waals surface area contributed by atoms with Gasteiger partial charge in [-0.3, -0.25) is 4.90 Å². The fourth-order valence-electron chi connectivity index (χ4n) is 3.07. The van der Waals surface area contributed by atoms with Gasteiger partial charge in [-0.15, -0.1) is 0 Å². The van der Waals surface area contributed by atoms with Gasteiger partial charge in [0.25, 0.3) is 0 Å². The molecule has 0 aromatic heterocycles. The van der Waals surface area contributed by atoms with Crippen molar-refractivity contribution >= 4 is 12.6 Å². The molecule has 1 heterocycles. The number of rotatable bonds is 3. The van der Waals surface area contributed by atoms with Crippen LogP contribution < -0.4 is 0 Å². The van der Waals surface area contributed by atoms with Crippen molar-refractivity contribution < 1.29 is 0 Å². The minimum Gasteiger partial charge on any atom is -0.285 e. The predicted molar refractivity (Wildman–Crippen MR) is 81.9 cm³/mol. The SMILES string of the molecule is CC(C)[C@@H]1CCN(C(C)S)[C@H](c2ccccc2)C1. The molecular weight excluding hydrogens is 238 g/mol. The predicted octanol–water partition coefficient (Wildman–Crippen LogP) is 4.37. The molecule has 2 heteroatoms. The third kappa shape index (κ3) is 3.10. The van der Waals surface area contributed by atoms with Gasteiger partial charge >= 0.3 is 0 Å². The van der Waals surface area contributed by atoms with Crippen LogP contribution in [0.15, 0.2) is 30.3 Å². The van der Waals surface area contributed by atoms with Crippen LogP contribution in [0, 0.1) is 11.8 Å². The second-order valence-electron chi connectivity index (χ2n) is 5.82. The van der Waals surface area contributed by atoms with E-state index >= 15 is 0 Å². The zero-order chi connectivity index (χ0) is 13.1. The molecule has 0 N–H and O–H groups in total. The van der Waals surface area contributed by atoms with Crippen LogP contribution in [0.5, 0.6) is 0 Å². The molecule has 0 radical (unpaired) electrons. The molecule has 0 amide bonds. The van der Waals surface area contributed by atoms with Gasteiger partial charge in [0.05, 0.1) is 5.37 Å². The fraction of sp³-hybridized carbons (Fsp3) is 0.625. The number of piperidine rings is 1. The number of nitrogens with zero attached hydrogens (tertiary/aromatic N) is 1. The Morgan fingerprint density at radius 2 is 1.83 bits per heavy atom. The van der Waals surface area contributed by atoms with Gasteiger partial charge in [-0.2, -0.15) is 12.6 Å². The lowest BCUT2D eigenvalue weighted by atomic mass is 9.81. The summed E-state index contributed by atoms with van der Waals surface area (Å²) in [6.45, 7) is 8.07. The number of likely N-dealkylation sites (tertiary alicyclic amines) is 1. The summed E-state index contributed by atoms with van der Waals surface area (Å²) in [6.07, 6.45) is 2.58. The van der Waals surface area contributed by atoms with Crippen LogP contribution in [0.2, 0.25) is 0 Å². The summed E-state index contributed by atoms with van der Waals surface area (Å²) < 4.78 is 0. The van der Waals surface area contributed by atoms with Crippen molar-refractivity contribution in [3.8, 4) is 0 Å². The standard InChI is InChI=1S/C16H25NS/c1-12(2)15-9-10-17(13(3)18)16(11-15)14-7-5-4-6-8-14/h4-8,12-13,15-16,18H,9-11H2,1-3H3/t13?,15-,16+/m1/s1. The molecule has 1 fully saturated rings. The minimum atomic E-state index is 0.336. The van der Waals surface area contributed by atoms with Gasteiger partial charge < -0.3 is 0 Å². The van der Waals surface area contributed by atoms with Crippen molar-refractivity contribution in [2.24, 2.45) is 11.8 Å². The summed E-state index contributed by atoms with van der Waals surface area (Å²) >= 11 is 4.66. The molecule has 3 atom stereocenters. The molecule has 1 unspecified atom stereocenters. The molecular formula is C16H25NS. The van der Waals surface area contributed by atoms with Crippen molar-refractivity contribution in [1.29, 1.82) is 0 Å². The maximum atomic E-state index is 4.66. The Kier molecular flexibility index (Phi) is 4.74. The summed E-state index contributed by atoms with van der Waals surface area (Å²) in [4.78, 5) is 2.54. The molecule has 0 bridgehead atoms. The summed E-state index contributed by atoms with van der Waals surface area (Å²) in [7, 11) is 0. The van der Waals surface area contributed by atoms with E-state index < -0.39 is 0 Å². The van der Waals surface area contributed by atoms with Gasteiger partial charge in [-0.25, -0.2) is 0 Å². The van der Waals surface area contributed by atoms with Crippen molar-refractivity contribution in [2.45, 2.75) is 45.0 Å². The lowest BCUT2D eigenvalue weighted by Gasteiger charge is -2.43. The highest BCUT2D eigenvalue weighted by Gasteiger charge is 2.32. The highest BCUT2D eigenvalue weighted by atomic mass is 32.1. The summed E-state index contributed by atoms with van der Waals surface area (Å²) in [5.41, 5.74) is 1.45. The molecule has 1 nitrogen and oxygen atoms in total. The molecule has 18 heavy (non-hydrogen) atoms. The van der Waals surface area contributed by atoms with Crippen LogP contribution in [0.25, 0.3) is 0 Å². The summed E-state index contributed by atoms with van der Waals surface area (Å²) in [5.74, 6) is 1.63. The first-order chi connectivity index (χ1) is 8.59. The van der Waals surface area contributed by atoms with Crippen molar-refractivity contribution in [1.82, 2.24) is 4.90 Å². The highest BCUT2D eigenvalue weighted by molar-refractivity contribution is 7.80. The van der Waals surface area contributed by atoms with Gasteiger partial charge in [0.1, 0.15) is 0 Å². The Bertz CT molecular complexity index is 361. The molecule has 1 aliphatic rings. The van der Waals surface area contributed by atoms with E-state index in [-0.39, 0.29) is 0 Å². The zero-order valence-electron chi connectivity index (χ0n) is 11.7. The van der Waals surface area contributed by atoms with E-state index in [0.29, 0.717) is 11.4 Å². The molecule has 1 aromatic rings. The third-order valence-corrected chi connectivity index (χ3v) is 4.59.